The second-order valence-electron chi connectivity index (χ2n) is 1.40. The standard InChI is InChI=1S/C5H2ClN3S/c6-4-1-5(9-3-10)8-2-7-4/h1-2H. The van der Waals surface area contributed by atoms with Crippen LogP contribution in [-0.2, 0) is 0 Å². The molecule has 0 N–H and O–H groups in total. The van der Waals surface area contributed by atoms with E-state index in [1.165, 1.54) is 12.4 Å². The third-order valence-corrected chi connectivity index (χ3v) is 1.08. The Balaban J connectivity index is 3.06. The molecule has 0 saturated heterocycles. The molecule has 0 bridgehead atoms. The molecular formula is C5H2ClN3S. The summed E-state index contributed by atoms with van der Waals surface area (Å²) < 4.78 is 0. The number of hydrogen-bond acceptors (Lipinski definition) is 4. The van der Waals surface area contributed by atoms with E-state index in [2.05, 4.69) is 32.3 Å². The van der Waals surface area contributed by atoms with Gasteiger partial charge in [-0.1, -0.05) is 11.6 Å². The molecule has 0 aliphatic carbocycles. The van der Waals surface area contributed by atoms with Crippen LogP contribution in [0.1, 0.15) is 0 Å². The van der Waals surface area contributed by atoms with Crippen LogP contribution in [-0.4, -0.2) is 15.1 Å². The highest BCUT2D eigenvalue weighted by Gasteiger charge is 1.90. The summed E-state index contributed by atoms with van der Waals surface area (Å²) in [4.78, 5) is 11.0. The normalized spacial score (nSPS) is 8.50. The van der Waals surface area contributed by atoms with Crippen LogP contribution in [0.25, 0.3) is 0 Å². The monoisotopic (exact) mass is 171 g/mol. The van der Waals surface area contributed by atoms with Gasteiger partial charge in [0.1, 0.15) is 11.5 Å². The summed E-state index contributed by atoms with van der Waals surface area (Å²) in [6.07, 6.45) is 1.31. The maximum absolute atomic E-state index is 5.51. The summed E-state index contributed by atoms with van der Waals surface area (Å²) in [5, 5.41) is 2.52. The molecule has 0 unspecified atom stereocenters. The van der Waals surface area contributed by atoms with Crippen molar-refractivity contribution >= 4 is 34.8 Å². The average molecular weight is 172 g/mol. The number of aromatic nitrogens is 2. The molecule has 0 atom stereocenters. The summed E-state index contributed by atoms with van der Waals surface area (Å²) in [7, 11) is 0. The Kier molecular flexibility index (Phi) is 2.45. The predicted octanol–water partition coefficient (Wildman–Crippen LogP) is 1.86. The highest BCUT2D eigenvalue weighted by Crippen LogP contribution is 2.10. The van der Waals surface area contributed by atoms with Gasteiger partial charge in [-0.15, -0.1) is 0 Å². The number of aliphatic imine (C=N–C) groups is 1. The minimum Gasteiger partial charge on any atom is -0.224 e. The Hall–Kier alpha value is -0.830. The molecule has 0 aromatic carbocycles. The zero-order valence-electron chi connectivity index (χ0n) is 4.78. The third-order valence-electron chi connectivity index (χ3n) is 0.779. The summed E-state index contributed by atoms with van der Waals surface area (Å²) in [5.74, 6) is 0.426. The molecule has 0 spiro atoms. The minimum absolute atomic E-state index is 0.346. The maximum Gasteiger partial charge on any atom is 0.167 e. The molecule has 3 nitrogen and oxygen atoms in total. The van der Waals surface area contributed by atoms with Crippen LogP contribution in [0.15, 0.2) is 17.4 Å². The van der Waals surface area contributed by atoms with Gasteiger partial charge in [-0.2, -0.15) is 4.99 Å². The molecule has 10 heavy (non-hydrogen) atoms. The fourth-order valence-electron chi connectivity index (χ4n) is 0.432. The van der Waals surface area contributed by atoms with E-state index in [1.54, 1.807) is 0 Å². The van der Waals surface area contributed by atoms with E-state index in [0.29, 0.717) is 11.0 Å². The lowest BCUT2D eigenvalue weighted by molar-refractivity contribution is 1.15. The maximum atomic E-state index is 5.51. The average Bonchev–Trinajstić information content (AvgIpc) is 1.88. The van der Waals surface area contributed by atoms with Gasteiger partial charge >= 0.3 is 0 Å². The Morgan fingerprint density at radius 3 is 3.00 bits per heavy atom. The lowest BCUT2D eigenvalue weighted by atomic mass is 10.6. The molecule has 1 aromatic rings. The summed E-state index contributed by atoms with van der Waals surface area (Å²) in [6.45, 7) is 0. The van der Waals surface area contributed by atoms with Gasteiger partial charge in [0.25, 0.3) is 0 Å². The Morgan fingerprint density at radius 2 is 2.40 bits per heavy atom. The van der Waals surface area contributed by atoms with E-state index in [4.69, 9.17) is 11.6 Å². The van der Waals surface area contributed by atoms with Gasteiger partial charge < -0.3 is 0 Å². The Bertz CT molecular complexity index is 282. The SMILES string of the molecule is S=C=Nc1cc(Cl)ncn1. The van der Waals surface area contributed by atoms with Crippen LogP contribution in [0, 0.1) is 0 Å². The summed E-state index contributed by atoms with van der Waals surface area (Å²) >= 11 is 9.86. The lowest BCUT2D eigenvalue weighted by Crippen LogP contribution is -1.76. The van der Waals surface area contributed by atoms with Gasteiger partial charge in [0.2, 0.25) is 0 Å². The first-order chi connectivity index (χ1) is 4.83. The highest BCUT2D eigenvalue weighted by atomic mass is 35.5. The van der Waals surface area contributed by atoms with Gasteiger partial charge in [0.15, 0.2) is 5.82 Å². The molecule has 1 aromatic heterocycles. The summed E-state index contributed by atoms with van der Waals surface area (Å²) in [6, 6.07) is 1.50. The largest absolute Gasteiger partial charge is 0.224 e. The van der Waals surface area contributed by atoms with E-state index < -0.39 is 0 Å². The Morgan fingerprint density at radius 1 is 1.60 bits per heavy atom. The van der Waals surface area contributed by atoms with Crippen LogP contribution in [0.4, 0.5) is 5.82 Å². The van der Waals surface area contributed by atoms with Crippen molar-refractivity contribution in [2.75, 3.05) is 0 Å². The second-order valence-corrected chi connectivity index (χ2v) is 1.97. The third kappa shape index (κ3) is 1.84. The fraction of sp³-hybridized carbons (Fsp3) is 0. The zero-order chi connectivity index (χ0) is 7.40. The zero-order valence-corrected chi connectivity index (χ0v) is 6.35. The van der Waals surface area contributed by atoms with Crippen LogP contribution < -0.4 is 0 Å². The van der Waals surface area contributed by atoms with Gasteiger partial charge in [-0.25, -0.2) is 9.97 Å². The number of nitrogens with zero attached hydrogens (tertiary/aromatic N) is 3. The molecule has 50 valence electrons. The Labute approximate surface area is 67.8 Å². The number of hydrogen-bond donors (Lipinski definition) is 0. The van der Waals surface area contributed by atoms with Crippen molar-refractivity contribution < 1.29 is 0 Å². The van der Waals surface area contributed by atoms with Gasteiger partial charge in [0, 0.05) is 6.07 Å². The lowest BCUT2D eigenvalue weighted by Gasteiger charge is -1.87. The quantitative estimate of drug-likeness (QED) is 0.368. The van der Waals surface area contributed by atoms with Crippen LogP contribution in [0.5, 0.6) is 0 Å². The summed E-state index contributed by atoms with van der Waals surface area (Å²) in [5.41, 5.74) is 0. The smallest absolute Gasteiger partial charge is 0.167 e. The predicted molar refractivity (Wildman–Crippen MR) is 41.7 cm³/mol. The number of rotatable bonds is 1. The molecule has 0 radical (unpaired) electrons. The molecule has 1 heterocycles. The van der Waals surface area contributed by atoms with E-state index in [-0.39, 0.29) is 0 Å². The first kappa shape index (κ1) is 7.28. The van der Waals surface area contributed by atoms with E-state index >= 15 is 0 Å². The van der Waals surface area contributed by atoms with E-state index in [0.717, 1.165) is 0 Å². The van der Waals surface area contributed by atoms with Crippen LogP contribution in [0.3, 0.4) is 0 Å². The van der Waals surface area contributed by atoms with E-state index in [9.17, 15) is 0 Å². The molecular weight excluding hydrogens is 170 g/mol. The van der Waals surface area contributed by atoms with Gasteiger partial charge in [-0.3, -0.25) is 0 Å². The molecule has 1 rings (SSSR count). The molecule has 5 heteroatoms. The molecule has 0 aliphatic rings. The van der Waals surface area contributed by atoms with Gasteiger partial charge in [-0.05, 0) is 12.2 Å². The minimum atomic E-state index is 0.346. The second kappa shape index (κ2) is 3.37. The van der Waals surface area contributed by atoms with Crippen LogP contribution in [0.2, 0.25) is 5.15 Å². The molecule has 0 saturated carbocycles. The van der Waals surface area contributed by atoms with Crippen molar-refractivity contribution in [1.82, 2.24) is 9.97 Å². The van der Waals surface area contributed by atoms with Crippen molar-refractivity contribution in [3.63, 3.8) is 0 Å². The van der Waals surface area contributed by atoms with Crippen molar-refractivity contribution in [3.05, 3.63) is 17.5 Å². The number of isothiocyanates is 1. The highest BCUT2D eigenvalue weighted by molar-refractivity contribution is 7.78. The van der Waals surface area contributed by atoms with Gasteiger partial charge in [0.05, 0.1) is 5.16 Å². The number of halogens is 1. The van der Waals surface area contributed by atoms with Crippen molar-refractivity contribution in [3.8, 4) is 0 Å². The van der Waals surface area contributed by atoms with E-state index in [1.807, 2.05) is 0 Å². The molecule has 0 fully saturated rings. The fourth-order valence-corrected chi connectivity index (χ4v) is 0.667. The first-order valence-electron chi connectivity index (χ1n) is 2.38. The topological polar surface area (TPSA) is 38.1 Å². The van der Waals surface area contributed by atoms with Crippen molar-refractivity contribution in [2.24, 2.45) is 4.99 Å². The molecule has 0 aliphatic heterocycles. The molecule has 0 amide bonds. The van der Waals surface area contributed by atoms with Crippen molar-refractivity contribution in [2.45, 2.75) is 0 Å². The van der Waals surface area contributed by atoms with Crippen molar-refractivity contribution in [1.29, 1.82) is 0 Å². The first-order valence-corrected chi connectivity index (χ1v) is 3.17. The number of thiocarbonyl (C=S) groups is 1. The van der Waals surface area contributed by atoms with Crippen LogP contribution >= 0.6 is 23.8 Å².